The summed E-state index contributed by atoms with van der Waals surface area (Å²) < 4.78 is 1.93. The summed E-state index contributed by atoms with van der Waals surface area (Å²) in [4.78, 5) is 8.92. The van der Waals surface area contributed by atoms with E-state index in [1.54, 1.807) is 12.4 Å². The third kappa shape index (κ3) is 2.70. The molecule has 2 aromatic rings. The Balaban J connectivity index is 2.63. The van der Waals surface area contributed by atoms with Gasteiger partial charge in [-0.15, -0.1) is 5.92 Å². The maximum atomic E-state index is 4.53. The number of nitrogens with zero attached hydrogens (tertiary/aromatic N) is 3. The molecule has 2 rings (SSSR count). The van der Waals surface area contributed by atoms with Crippen molar-refractivity contribution in [2.45, 2.75) is 20.8 Å². The number of fused-ring (bicyclic) bond motifs is 1. The van der Waals surface area contributed by atoms with Crippen molar-refractivity contribution in [3.63, 3.8) is 0 Å². The maximum Gasteiger partial charge on any atom is 0.137 e. The van der Waals surface area contributed by atoms with Crippen LogP contribution in [0.15, 0.2) is 53.9 Å². The summed E-state index contributed by atoms with van der Waals surface area (Å²) >= 11 is 0. The number of hydrogen-bond donors (Lipinski definition) is 0. The smallest absolute Gasteiger partial charge is 0.137 e. The number of imidazole rings is 1. The number of aliphatic imine (C=N–C) groups is 1. The van der Waals surface area contributed by atoms with E-state index < -0.39 is 0 Å². The lowest BCUT2D eigenvalue weighted by Gasteiger charge is -2.04. The highest BCUT2D eigenvalue weighted by molar-refractivity contribution is 6.00. The zero-order chi connectivity index (χ0) is 14.5. The van der Waals surface area contributed by atoms with Gasteiger partial charge in [-0.25, -0.2) is 9.98 Å². The van der Waals surface area contributed by atoms with Crippen molar-refractivity contribution in [2.24, 2.45) is 4.99 Å². The van der Waals surface area contributed by atoms with E-state index >= 15 is 0 Å². The Morgan fingerprint density at radius 1 is 1.45 bits per heavy atom. The van der Waals surface area contributed by atoms with Crippen LogP contribution < -0.4 is 0 Å². The lowest BCUT2D eigenvalue weighted by Crippen LogP contribution is -2.07. The van der Waals surface area contributed by atoms with E-state index in [2.05, 4.69) is 28.4 Å². The van der Waals surface area contributed by atoms with Crippen LogP contribution >= 0.6 is 0 Å². The second-order valence-electron chi connectivity index (χ2n) is 4.30. The molecule has 0 amide bonds. The van der Waals surface area contributed by atoms with E-state index in [1.807, 2.05) is 49.6 Å². The average Bonchev–Trinajstić information content (AvgIpc) is 2.88. The molecule has 3 heteroatoms. The molecule has 0 spiro atoms. The average molecular weight is 263 g/mol. The summed E-state index contributed by atoms with van der Waals surface area (Å²) in [5, 5.41) is 0. The van der Waals surface area contributed by atoms with E-state index in [9.17, 15) is 0 Å². The molecule has 0 aliphatic heterocycles. The highest BCUT2D eigenvalue weighted by Crippen LogP contribution is 2.15. The standard InChI is InChI=1S/C17H17N3/c1-5-8-14-9-10-15-16(11-14)20(12-18-15)17(7-3)19-13(4)6-2/h6-7,9-12H,3H2,1-2,4H3/b13-6-,19-17?. The van der Waals surface area contributed by atoms with Crippen LogP contribution in [0.25, 0.3) is 11.0 Å². The Hall–Kier alpha value is -2.60. The van der Waals surface area contributed by atoms with Gasteiger partial charge in [0.1, 0.15) is 12.2 Å². The fourth-order valence-corrected chi connectivity index (χ4v) is 1.86. The van der Waals surface area contributed by atoms with Gasteiger partial charge in [0.2, 0.25) is 0 Å². The first-order valence-electron chi connectivity index (χ1n) is 6.44. The normalized spacial score (nSPS) is 12.2. The fraction of sp³-hybridized carbons (Fsp3) is 0.176. The molecule has 0 fully saturated rings. The van der Waals surface area contributed by atoms with Crippen molar-refractivity contribution in [1.29, 1.82) is 0 Å². The molecule has 1 aromatic carbocycles. The van der Waals surface area contributed by atoms with Crippen LogP contribution in [0.5, 0.6) is 0 Å². The third-order valence-corrected chi connectivity index (χ3v) is 2.95. The van der Waals surface area contributed by atoms with Crippen LogP contribution in [-0.4, -0.2) is 15.4 Å². The Kier molecular flexibility index (Phi) is 4.17. The molecule has 3 nitrogen and oxygen atoms in total. The quantitative estimate of drug-likeness (QED) is 0.461. The number of aromatic nitrogens is 2. The first kappa shape index (κ1) is 13.8. The molecule has 20 heavy (non-hydrogen) atoms. The molecular formula is C17H17N3. The Bertz CT molecular complexity index is 764. The molecule has 0 atom stereocenters. The monoisotopic (exact) mass is 263 g/mol. The minimum Gasteiger partial charge on any atom is -0.283 e. The number of benzene rings is 1. The summed E-state index contributed by atoms with van der Waals surface area (Å²) in [5.74, 6) is 6.72. The van der Waals surface area contributed by atoms with Gasteiger partial charge >= 0.3 is 0 Å². The molecule has 0 radical (unpaired) electrons. The molecule has 1 heterocycles. The van der Waals surface area contributed by atoms with Gasteiger partial charge in [-0.05, 0) is 45.0 Å². The lowest BCUT2D eigenvalue weighted by atomic mass is 10.2. The van der Waals surface area contributed by atoms with E-state index in [1.165, 1.54) is 0 Å². The third-order valence-electron chi connectivity index (χ3n) is 2.95. The topological polar surface area (TPSA) is 30.2 Å². The van der Waals surface area contributed by atoms with Gasteiger partial charge in [0, 0.05) is 11.3 Å². The van der Waals surface area contributed by atoms with Crippen LogP contribution in [0.1, 0.15) is 26.3 Å². The Labute approximate surface area is 119 Å². The molecule has 0 aliphatic carbocycles. The van der Waals surface area contributed by atoms with Gasteiger partial charge in [-0.3, -0.25) is 4.57 Å². The Morgan fingerprint density at radius 3 is 2.90 bits per heavy atom. The molecule has 0 saturated carbocycles. The zero-order valence-electron chi connectivity index (χ0n) is 12.0. The second kappa shape index (κ2) is 6.03. The number of rotatable bonds is 2. The predicted octanol–water partition coefficient (Wildman–Crippen LogP) is 3.76. The van der Waals surface area contributed by atoms with Gasteiger partial charge in [-0.2, -0.15) is 0 Å². The number of hydrogen-bond acceptors (Lipinski definition) is 2. The fourth-order valence-electron chi connectivity index (χ4n) is 1.86. The van der Waals surface area contributed by atoms with Crippen LogP contribution in [-0.2, 0) is 0 Å². The van der Waals surface area contributed by atoms with Crippen molar-refractivity contribution >= 4 is 16.9 Å². The summed E-state index contributed by atoms with van der Waals surface area (Å²) in [6.07, 6.45) is 5.44. The Morgan fingerprint density at radius 2 is 2.25 bits per heavy atom. The van der Waals surface area contributed by atoms with Crippen LogP contribution in [0.4, 0.5) is 0 Å². The SMILES string of the molecule is C=CC(=N/C(C)=C\C)n1cnc2ccc(C#CC)cc21. The zero-order valence-corrected chi connectivity index (χ0v) is 12.0. The van der Waals surface area contributed by atoms with E-state index in [4.69, 9.17) is 0 Å². The second-order valence-corrected chi connectivity index (χ2v) is 4.30. The molecule has 0 unspecified atom stereocenters. The van der Waals surface area contributed by atoms with Crippen molar-refractivity contribution < 1.29 is 0 Å². The summed E-state index contributed by atoms with van der Waals surface area (Å²) in [7, 11) is 0. The number of allylic oxidation sites excluding steroid dienone is 3. The van der Waals surface area contributed by atoms with Crippen LogP contribution in [0.2, 0.25) is 0 Å². The van der Waals surface area contributed by atoms with E-state index in [0.29, 0.717) is 0 Å². The maximum absolute atomic E-state index is 4.53. The highest BCUT2D eigenvalue weighted by atomic mass is 15.1. The van der Waals surface area contributed by atoms with Gasteiger partial charge in [0.05, 0.1) is 11.0 Å². The molecular weight excluding hydrogens is 246 g/mol. The highest BCUT2D eigenvalue weighted by Gasteiger charge is 2.06. The van der Waals surface area contributed by atoms with Crippen molar-refractivity contribution in [3.8, 4) is 11.8 Å². The summed E-state index contributed by atoms with van der Waals surface area (Å²) in [5.41, 5.74) is 3.80. The van der Waals surface area contributed by atoms with Crippen molar-refractivity contribution in [2.75, 3.05) is 0 Å². The summed E-state index contributed by atoms with van der Waals surface area (Å²) in [6, 6.07) is 5.95. The van der Waals surface area contributed by atoms with Crippen molar-refractivity contribution in [3.05, 3.63) is 54.5 Å². The van der Waals surface area contributed by atoms with Gasteiger partial charge < -0.3 is 0 Å². The largest absolute Gasteiger partial charge is 0.283 e. The van der Waals surface area contributed by atoms with Crippen LogP contribution in [0, 0.1) is 11.8 Å². The molecule has 1 aromatic heterocycles. The van der Waals surface area contributed by atoms with Crippen molar-refractivity contribution in [1.82, 2.24) is 9.55 Å². The minimum absolute atomic E-state index is 0.754. The van der Waals surface area contributed by atoms with Gasteiger partial charge in [0.15, 0.2) is 0 Å². The molecule has 0 bridgehead atoms. The molecule has 0 N–H and O–H groups in total. The lowest BCUT2D eigenvalue weighted by molar-refractivity contribution is 1.14. The van der Waals surface area contributed by atoms with Gasteiger partial charge in [0.25, 0.3) is 0 Å². The van der Waals surface area contributed by atoms with E-state index in [-0.39, 0.29) is 0 Å². The summed E-state index contributed by atoms with van der Waals surface area (Å²) in [6.45, 7) is 9.58. The first-order chi connectivity index (χ1) is 9.69. The predicted molar refractivity (Wildman–Crippen MR) is 84.7 cm³/mol. The first-order valence-corrected chi connectivity index (χ1v) is 6.44. The molecule has 0 saturated heterocycles. The minimum atomic E-state index is 0.754. The molecule has 100 valence electrons. The van der Waals surface area contributed by atoms with E-state index in [0.717, 1.165) is 28.1 Å². The van der Waals surface area contributed by atoms with Gasteiger partial charge in [-0.1, -0.05) is 18.6 Å². The molecule has 0 aliphatic rings. The van der Waals surface area contributed by atoms with Crippen LogP contribution in [0.3, 0.4) is 0 Å².